The van der Waals surface area contributed by atoms with Crippen molar-refractivity contribution in [2.24, 2.45) is 0 Å². The van der Waals surface area contributed by atoms with Crippen LogP contribution >= 0.6 is 29.5 Å². The van der Waals surface area contributed by atoms with Gasteiger partial charge in [0.15, 0.2) is 0 Å². The summed E-state index contributed by atoms with van der Waals surface area (Å²) in [5, 5.41) is 0. The third kappa shape index (κ3) is 17.7. The predicted molar refractivity (Wildman–Crippen MR) is 49.0 cm³/mol. The van der Waals surface area contributed by atoms with E-state index in [0.29, 0.717) is 0 Å². The Labute approximate surface area is 105 Å². The van der Waals surface area contributed by atoms with Gasteiger partial charge in [-0.15, -0.1) is 0 Å². The quantitative estimate of drug-likeness (QED) is 0.278. The number of rotatable bonds is 2. The Kier molecular flexibility index (Phi) is 39.4. The van der Waals surface area contributed by atoms with Gasteiger partial charge in [0, 0.05) is 0 Å². The van der Waals surface area contributed by atoms with E-state index >= 15 is 0 Å². The summed E-state index contributed by atoms with van der Waals surface area (Å²) in [5.74, 6) is 0. The van der Waals surface area contributed by atoms with Crippen LogP contribution in [0.1, 0.15) is 0 Å². The van der Waals surface area contributed by atoms with E-state index in [-0.39, 0.29) is 54.6 Å². The maximum Gasteiger partial charge on any atom is 1.00 e. The van der Waals surface area contributed by atoms with Gasteiger partial charge in [0.1, 0.15) is 0 Å². The van der Waals surface area contributed by atoms with Crippen molar-refractivity contribution in [1.82, 2.24) is 0 Å². The van der Waals surface area contributed by atoms with Gasteiger partial charge < -0.3 is 23.3 Å². The van der Waals surface area contributed by atoms with Crippen molar-refractivity contribution in [2.75, 3.05) is 0 Å². The van der Waals surface area contributed by atoms with Crippen molar-refractivity contribution in [2.45, 2.75) is 0 Å². The Balaban J connectivity index is -0.0000000800. The average Bonchev–Trinajstić information content (AvgIpc) is 1.41. The van der Waals surface area contributed by atoms with Crippen LogP contribution in [0.5, 0.6) is 0 Å². The maximum absolute atomic E-state index is 4.44. The molecule has 0 aliphatic heterocycles. The zero-order chi connectivity index (χ0) is 4.12. The van der Waals surface area contributed by atoms with Crippen molar-refractivity contribution in [3.63, 3.8) is 0 Å². The molecule has 36 valence electrons. The number of hydrogen-bond acceptors (Lipinski definition) is 5. The van der Waals surface area contributed by atoms with E-state index in [1.165, 1.54) is 29.5 Å². The molecule has 0 nitrogen and oxygen atoms in total. The third-order valence-electron chi connectivity index (χ3n) is 0.0556. The normalized spacial score (nSPS) is 6.00. The summed E-state index contributed by atoms with van der Waals surface area (Å²) in [6, 6.07) is 0. The molecule has 0 aromatic carbocycles. The van der Waals surface area contributed by atoms with Gasteiger partial charge in [0.25, 0.3) is 0 Å². The molecule has 0 atom stereocenters. The van der Waals surface area contributed by atoms with E-state index in [1.54, 1.807) is 0 Å². The molecule has 0 rings (SSSR count). The molecule has 0 radical (unpaired) electrons. The standard InChI is InChI=1S/H2S5.2Tl/c1-3-5-4-2;;/h1-2H;;/q;2*+1/p-2. The Bertz CT molecular complexity index is 13.6. The molecule has 7 heavy (non-hydrogen) atoms. The Morgan fingerprint density at radius 2 is 1.14 bits per heavy atom. The average molecular weight is 569 g/mol. The second-order valence-electron chi connectivity index (χ2n) is 0.204. The van der Waals surface area contributed by atoms with Crippen LogP contribution in [0.4, 0.5) is 0 Å². The molecule has 0 fully saturated rings. The van der Waals surface area contributed by atoms with Crippen LogP contribution < -0.4 is 0 Å². The molecule has 0 unspecified atom stereocenters. The predicted octanol–water partition coefficient (Wildman–Crippen LogP) is 1.18. The fraction of sp³-hybridized carbons (Fsp3) is 0. The van der Waals surface area contributed by atoms with Crippen molar-refractivity contribution >= 4 is 107 Å². The maximum atomic E-state index is 4.44. The summed E-state index contributed by atoms with van der Waals surface area (Å²) in [7, 11) is 3.95. The topological polar surface area (TPSA) is 0 Å². The molecular weight excluding hydrogens is 569 g/mol. The van der Waals surface area contributed by atoms with E-state index in [2.05, 4.69) is 23.3 Å². The summed E-state index contributed by atoms with van der Waals surface area (Å²) in [6.45, 7) is 0. The van der Waals surface area contributed by atoms with E-state index in [4.69, 9.17) is 0 Å². The molecule has 0 bridgehead atoms. The van der Waals surface area contributed by atoms with Gasteiger partial charge in [-0.1, -0.05) is 9.83 Å². The van der Waals surface area contributed by atoms with Crippen LogP contribution in [0.2, 0.25) is 0 Å². The molecule has 0 aromatic rings. The smallest absolute Gasteiger partial charge is 0.706 e. The van der Waals surface area contributed by atoms with Gasteiger partial charge in [0.2, 0.25) is 0 Å². The summed E-state index contributed by atoms with van der Waals surface area (Å²) in [5.41, 5.74) is 0. The van der Waals surface area contributed by atoms with Crippen molar-refractivity contribution in [1.29, 1.82) is 0 Å². The summed E-state index contributed by atoms with van der Waals surface area (Å²) >= 11 is 8.89. The van der Waals surface area contributed by atoms with Gasteiger partial charge >= 0.3 is 54.6 Å². The van der Waals surface area contributed by atoms with Crippen molar-refractivity contribution in [3.05, 3.63) is 0 Å². The largest absolute Gasteiger partial charge is 1.00 e. The zero-order valence-electron chi connectivity index (χ0n) is 3.20. The minimum atomic E-state index is 0. The second-order valence-corrected chi connectivity index (χ2v) is 5.51. The zero-order valence-corrected chi connectivity index (χ0v) is 16.3. The first-order chi connectivity index (χ1) is 2.41. The SMILES string of the molecule is [S-]SSS[S-].[Tl+].[Tl+]. The molecule has 0 aliphatic rings. The summed E-state index contributed by atoms with van der Waals surface area (Å²) in [6.07, 6.45) is 0. The van der Waals surface area contributed by atoms with Crippen LogP contribution in [0.3, 0.4) is 0 Å². The van der Waals surface area contributed by atoms with Crippen LogP contribution in [-0.4, -0.2) is 54.6 Å². The number of hydrogen-bond donors (Lipinski definition) is 0. The molecular formula is S5Tl2. The fourth-order valence-corrected chi connectivity index (χ4v) is 2.76. The molecule has 0 aromatic heterocycles. The molecule has 0 N–H and O–H groups in total. The molecule has 0 saturated carbocycles. The van der Waals surface area contributed by atoms with Gasteiger partial charge in [-0.3, -0.25) is 19.7 Å². The molecule has 0 saturated heterocycles. The Morgan fingerprint density at radius 1 is 0.857 bits per heavy atom. The van der Waals surface area contributed by atoms with E-state index in [9.17, 15) is 0 Å². The molecule has 0 amide bonds. The van der Waals surface area contributed by atoms with Gasteiger partial charge in [-0.2, -0.15) is 0 Å². The van der Waals surface area contributed by atoms with E-state index in [1.807, 2.05) is 0 Å². The second kappa shape index (κ2) is 16.3. The summed E-state index contributed by atoms with van der Waals surface area (Å²) < 4.78 is 0. The molecule has 0 aliphatic carbocycles. The molecule has 0 spiro atoms. The minimum absolute atomic E-state index is 0. The summed E-state index contributed by atoms with van der Waals surface area (Å²) in [4.78, 5) is 0. The van der Waals surface area contributed by atoms with Gasteiger partial charge in [-0.05, 0) is 0 Å². The van der Waals surface area contributed by atoms with Crippen LogP contribution in [-0.2, 0) is 23.3 Å². The van der Waals surface area contributed by atoms with Gasteiger partial charge in [-0.25, -0.2) is 0 Å². The third-order valence-corrected chi connectivity index (χ3v) is 4.50. The fourth-order valence-electron chi connectivity index (χ4n) is 0.0113. The molecule has 7 heteroatoms. The van der Waals surface area contributed by atoms with Crippen LogP contribution in [0, 0.1) is 0 Å². The monoisotopic (exact) mass is 570 g/mol. The first kappa shape index (κ1) is 16.9. The van der Waals surface area contributed by atoms with E-state index < -0.39 is 0 Å². The van der Waals surface area contributed by atoms with Crippen molar-refractivity contribution < 1.29 is 0 Å². The molecule has 0 heterocycles. The minimum Gasteiger partial charge on any atom is -0.706 e. The van der Waals surface area contributed by atoms with Crippen LogP contribution in [0.15, 0.2) is 0 Å². The van der Waals surface area contributed by atoms with Crippen LogP contribution in [0.25, 0.3) is 0 Å². The Hall–Kier alpha value is 3.59. The van der Waals surface area contributed by atoms with Crippen molar-refractivity contribution in [3.8, 4) is 0 Å². The van der Waals surface area contributed by atoms with Gasteiger partial charge in [0.05, 0.1) is 0 Å². The van der Waals surface area contributed by atoms with E-state index in [0.717, 1.165) is 0 Å². The Morgan fingerprint density at radius 3 is 1.14 bits per heavy atom. The first-order valence-corrected chi connectivity index (χ1v) is 6.00. The first-order valence-electron chi connectivity index (χ1n) is 0.667.